The molecule has 0 aliphatic carbocycles. The number of esters is 1. The molecule has 2 heterocycles. The number of likely N-dealkylation sites (tertiary alicyclic amines) is 1. The van der Waals surface area contributed by atoms with Crippen LogP contribution in [-0.4, -0.2) is 31.1 Å². The number of rotatable bonds is 3. The van der Waals surface area contributed by atoms with E-state index in [1.54, 1.807) is 11.3 Å². The third-order valence-electron chi connectivity index (χ3n) is 2.82. The predicted octanol–water partition coefficient (Wildman–Crippen LogP) is 2.51. The molecule has 0 N–H and O–H groups in total. The van der Waals surface area contributed by atoms with Crippen LogP contribution in [0.15, 0.2) is 15.9 Å². The Morgan fingerprint density at radius 2 is 2.50 bits per heavy atom. The Kier molecular flexibility index (Phi) is 4.00. The zero-order valence-corrected chi connectivity index (χ0v) is 11.5. The third kappa shape index (κ3) is 2.84. The van der Waals surface area contributed by atoms with Crippen molar-refractivity contribution in [1.29, 1.82) is 0 Å². The number of hydrogen-bond donors (Lipinski definition) is 0. The molecule has 1 fully saturated rings. The lowest BCUT2D eigenvalue weighted by Gasteiger charge is -2.13. The van der Waals surface area contributed by atoms with E-state index in [1.807, 2.05) is 0 Å². The van der Waals surface area contributed by atoms with E-state index in [9.17, 15) is 4.79 Å². The van der Waals surface area contributed by atoms with E-state index in [1.165, 1.54) is 12.0 Å². The van der Waals surface area contributed by atoms with Crippen molar-refractivity contribution in [3.05, 3.63) is 20.8 Å². The van der Waals surface area contributed by atoms with E-state index < -0.39 is 0 Å². The van der Waals surface area contributed by atoms with Crippen molar-refractivity contribution in [2.24, 2.45) is 5.92 Å². The largest absolute Gasteiger partial charge is 0.469 e. The minimum absolute atomic E-state index is 0.0633. The van der Waals surface area contributed by atoms with Crippen LogP contribution < -0.4 is 0 Å². The summed E-state index contributed by atoms with van der Waals surface area (Å²) in [5.74, 6) is -0.0109. The molecule has 88 valence electrons. The molecule has 0 spiro atoms. The lowest BCUT2D eigenvalue weighted by Crippen LogP contribution is -2.23. The Morgan fingerprint density at radius 1 is 1.69 bits per heavy atom. The summed E-state index contributed by atoms with van der Waals surface area (Å²) in [7, 11) is 1.46. The molecule has 1 aromatic rings. The summed E-state index contributed by atoms with van der Waals surface area (Å²) >= 11 is 5.20. The lowest BCUT2D eigenvalue weighted by atomic mass is 10.1. The van der Waals surface area contributed by atoms with Crippen molar-refractivity contribution in [3.8, 4) is 0 Å². The topological polar surface area (TPSA) is 29.5 Å². The fourth-order valence-corrected chi connectivity index (χ4v) is 3.52. The van der Waals surface area contributed by atoms with Crippen LogP contribution in [0.4, 0.5) is 0 Å². The number of thiophene rings is 1. The van der Waals surface area contributed by atoms with Gasteiger partial charge in [0.05, 0.1) is 16.8 Å². The van der Waals surface area contributed by atoms with Gasteiger partial charge in [0, 0.05) is 18.0 Å². The summed E-state index contributed by atoms with van der Waals surface area (Å²) < 4.78 is 5.92. The first-order valence-corrected chi connectivity index (χ1v) is 6.84. The van der Waals surface area contributed by atoms with Gasteiger partial charge in [0.1, 0.15) is 0 Å². The van der Waals surface area contributed by atoms with E-state index in [-0.39, 0.29) is 11.9 Å². The molecule has 16 heavy (non-hydrogen) atoms. The molecular formula is C11H14BrNO2S. The van der Waals surface area contributed by atoms with E-state index in [4.69, 9.17) is 4.74 Å². The highest BCUT2D eigenvalue weighted by atomic mass is 79.9. The highest BCUT2D eigenvalue weighted by Crippen LogP contribution is 2.26. The van der Waals surface area contributed by atoms with Gasteiger partial charge < -0.3 is 4.74 Å². The molecule has 1 aliphatic heterocycles. The number of halogens is 1. The van der Waals surface area contributed by atoms with Gasteiger partial charge in [-0.25, -0.2) is 0 Å². The van der Waals surface area contributed by atoms with Crippen LogP contribution >= 0.6 is 27.3 Å². The first-order valence-electron chi connectivity index (χ1n) is 5.23. The van der Waals surface area contributed by atoms with Crippen LogP contribution in [0.3, 0.4) is 0 Å². The van der Waals surface area contributed by atoms with Gasteiger partial charge in [0.2, 0.25) is 0 Å². The zero-order chi connectivity index (χ0) is 11.5. The van der Waals surface area contributed by atoms with Crippen LogP contribution in [-0.2, 0) is 16.1 Å². The number of nitrogens with zero attached hydrogens (tertiary/aromatic N) is 1. The van der Waals surface area contributed by atoms with Crippen molar-refractivity contribution in [2.75, 3.05) is 20.2 Å². The monoisotopic (exact) mass is 303 g/mol. The summed E-state index contributed by atoms with van der Waals surface area (Å²) in [6.45, 7) is 2.74. The molecule has 1 atom stereocenters. The number of ether oxygens (including phenoxy) is 1. The average Bonchev–Trinajstić information content (AvgIpc) is 2.87. The summed E-state index contributed by atoms with van der Waals surface area (Å²) in [6.07, 6.45) is 0.916. The molecule has 0 saturated carbocycles. The molecule has 0 aromatic carbocycles. The second-order valence-corrected chi connectivity index (χ2v) is 6.50. The maximum absolute atomic E-state index is 11.4. The molecule has 1 unspecified atom stereocenters. The molecule has 0 amide bonds. The van der Waals surface area contributed by atoms with Crippen LogP contribution in [0, 0.1) is 5.92 Å². The van der Waals surface area contributed by atoms with Gasteiger partial charge in [-0.2, -0.15) is 0 Å². The van der Waals surface area contributed by atoms with Gasteiger partial charge >= 0.3 is 5.97 Å². The maximum atomic E-state index is 11.4. The molecule has 2 rings (SSSR count). The van der Waals surface area contributed by atoms with Crippen molar-refractivity contribution in [2.45, 2.75) is 13.0 Å². The smallest absolute Gasteiger partial charge is 0.310 e. The first kappa shape index (κ1) is 12.1. The number of hydrogen-bond acceptors (Lipinski definition) is 4. The second kappa shape index (κ2) is 5.29. The quantitative estimate of drug-likeness (QED) is 0.804. The minimum atomic E-state index is -0.0742. The highest BCUT2D eigenvalue weighted by Gasteiger charge is 2.28. The average molecular weight is 304 g/mol. The van der Waals surface area contributed by atoms with Gasteiger partial charge in [-0.1, -0.05) is 0 Å². The summed E-state index contributed by atoms with van der Waals surface area (Å²) in [5.41, 5.74) is 0. The molecular weight excluding hydrogens is 290 g/mol. The summed E-state index contributed by atoms with van der Waals surface area (Å²) in [5, 5.41) is 0. The Balaban J connectivity index is 1.87. The molecule has 1 aromatic heterocycles. The molecule has 5 heteroatoms. The SMILES string of the molecule is COC(=O)C1CCN(Cc2ccc(Br)s2)C1. The van der Waals surface area contributed by atoms with Gasteiger partial charge in [0.25, 0.3) is 0 Å². The van der Waals surface area contributed by atoms with E-state index in [0.29, 0.717) is 0 Å². The van der Waals surface area contributed by atoms with Crippen LogP contribution in [0.2, 0.25) is 0 Å². The zero-order valence-electron chi connectivity index (χ0n) is 9.11. The van der Waals surface area contributed by atoms with Crippen molar-refractivity contribution in [3.63, 3.8) is 0 Å². The van der Waals surface area contributed by atoms with Crippen molar-refractivity contribution >= 4 is 33.2 Å². The summed E-state index contributed by atoms with van der Waals surface area (Å²) in [6, 6.07) is 4.19. The first-order chi connectivity index (χ1) is 7.69. The fourth-order valence-electron chi connectivity index (χ4n) is 1.99. The third-order valence-corrected chi connectivity index (χ3v) is 4.42. The Morgan fingerprint density at radius 3 is 3.12 bits per heavy atom. The van der Waals surface area contributed by atoms with Crippen molar-refractivity contribution in [1.82, 2.24) is 4.90 Å². The fraction of sp³-hybridized carbons (Fsp3) is 0.545. The van der Waals surface area contributed by atoms with Crippen LogP contribution in [0.1, 0.15) is 11.3 Å². The van der Waals surface area contributed by atoms with Crippen LogP contribution in [0.25, 0.3) is 0 Å². The Hall–Kier alpha value is -0.390. The molecule has 3 nitrogen and oxygen atoms in total. The molecule has 0 radical (unpaired) electrons. The van der Waals surface area contributed by atoms with E-state index >= 15 is 0 Å². The predicted molar refractivity (Wildman–Crippen MR) is 67.4 cm³/mol. The Bertz CT molecular complexity index is 380. The van der Waals surface area contributed by atoms with Crippen molar-refractivity contribution < 1.29 is 9.53 Å². The number of carbonyl (C=O) groups excluding carboxylic acids is 1. The van der Waals surface area contributed by atoms with E-state index in [2.05, 4.69) is 33.0 Å². The van der Waals surface area contributed by atoms with Gasteiger partial charge in [-0.05, 0) is 41.0 Å². The number of methoxy groups -OCH3 is 1. The number of carbonyl (C=O) groups is 1. The normalized spacial score (nSPS) is 21.2. The highest BCUT2D eigenvalue weighted by molar-refractivity contribution is 9.11. The molecule has 1 saturated heterocycles. The Labute approximate surface area is 108 Å². The molecule has 0 bridgehead atoms. The van der Waals surface area contributed by atoms with Gasteiger partial charge in [-0.3, -0.25) is 9.69 Å². The van der Waals surface area contributed by atoms with Gasteiger partial charge in [-0.15, -0.1) is 11.3 Å². The lowest BCUT2D eigenvalue weighted by molar-refractivity contribution is -0.144. The second-order valence-electron chi connectivity index (χ2n) is 3.95. The van der Waals surface area contributed by atoms with E-state index in [0.717, 1.165) is 29.8 Å². The van der Waals surface area contributed by atoms with Gasteiger partial charge in [0.15, 0.2) is 0 Å². The standard InChI is InChI=1S/C11H14BrNO2S/c1-15-11(14)8-4-5-13(6-8)7-9-2-3-10(12)16-9/h2-3,8H,4-7H2,1H3. The molecule has 1 aliphatic rings. The maximum Gasteiger partial charge on any atom is 0.310 e. The summed E-state index contributed by atoms with van der Waals surface area (Å²) in [4.78, 5) is 15.0. The van der Waals surface area contributed by atoms with Crippen LogP contribution in [0.5, 0.6) is 0 Å². The minimum Gasteiger partial charge on any atom is -0.469 e.